The quantitative estimate of drug-likeness (QED) is 0.283. The molecule has 0 aromatic heterocycles. The van der Waals surface area contributed by atoms with Gasteiger partial charge in [-0.05, 0) is 0 Å². The molecule has 0 unspecified atom stereocenters. The summed E-state index contributed by atoms with van der Waals surface area (Å²) in [7, 11) is -3.52. The number of hydrogen-bond donors (Lipinski definition) is 2. The van der Waals surface area contributed by atoms with E-state index >= 15 is 0 Å². The Hall–Kier alpha value is -0.160. The third kappa shape index (κ3) is 3.12. The largest absolute Gasteiger partial charge is 0.318 e. The zero-order chi connectivity index (χ0) is 8.20. The van der Waals surface area contributed by atoms with Crippen LogP contribution in [0, 0.1) is 4.91 Å². The van der Waals surface area contributed by atoms with Crippen molar-refractivity contribution in [1.29, 1.82) is 0 Å². The lowest BCUT2D eigenvalue weighted by atomic mass is 10.8. The van der Waals surface area contributed by atoms with Crippen molar-refractivity contribution in [2.45, 2.75) is 0 Å². The predicted molar refractivity (Wildman–Crippen MR) is 39.2 cm³/mol. The molecule has 0 atom stereocenters. The van der Waals surface area contributed by atoms with E-state index in [1.54, 1.807) is 0 Å². The molecular weight excluding hydrogens is 178 g/mol. The third-order valence-corrected chi connectivity index (χ3v) is 1.90. The van der Waals surface area contributed by atoms with E-state index < -0.39 is 7.59 Å². The van der Waals surface area contributed by atoms with Crippen LogP contribution in [0.5, 0.6) is 0 Å². The van der Waals surface area contributed by atoms with Crippen LogP contribution in [0.25, 0.3) is 0 Å². The summed E-state index contributed by atoms with van der Waals surface area (Å²) in [5, 5.41) is 2.33. The molecule has 0 aliphatic rings. The second kappa shape index (κ2) is 3.88. The van der Waals surface area contributed by atoms with Gasteiger partial charge in [0.2, 0.25) is 0 Å². The lowest BCUT2D eigenvalue weighted by Crippen LogP contribution is -2.25. The fourth-order valence-electron chi connectivity index (χ4n) is 0.330. The molecule has 8 heteroatoms. The molecule has 4 N–H and O–H groups in total. The van der Waals surface area contributed by atoms with Crippen molar-refractivity contribution in [2.75, 3.05) is 12.4 Å². The zero-order valence-electron chi connectivity index (χ0n) is 5.11. The van der Waals surface area contributed by atoms with Crippen LogP contribution in [0.3, 0.4) is 0 Å². The molecule has 60 valence electrons. The van der Waals surface area contributed by atoms with Gasteiger partial charge < -0.3 is 0 Å². The minimum Gasteiger partial charge on any atom is -0.263 e. The van der Waals surface area contributed by atoms with Crippen molar-refractivity contribution < 1.29 is 4.57 Å². The molecule has 6 nitrogen and oxygen atoms in total. The highest BCUT2D eigenvalue weighted by Crippen LogP contribution is 2.30. The third-order valence-electron chi connectivity index (χ3n) is 0.740. The number of nitrogens with two attached hydrogens (primary N) is 2. The molecule has 0 amide bonds. The summed E-state index contributed by atoms with van der Waals surface area (Å²) in [6, 6.07) is 0. The van der Waals surface area contributed by atoms with Gasteiger partial charge >= 0.3 is 7.59 Å². The minimum absolute atomic E-state index is 0.00463. The monoisotopic (exact) mass is 186 g/mol. The summed E-state index contributed by atoms with van der Waals surface area (Å²) in [5.41, 5.74) is 9.77. The first-order valence-corrected chi connectivity index (χ1v) is 4.70. The minimum atomic E-state index is -3.52. The van der Waals surface area contributed by atoms with Crippen LogP contribution in [0.4, 0.5) is 0 Å². The Morgan fingerprint density at radius 1 is 1.60 bits per heavy atom. The first-order valence-electron chi connectivity index (χ1n) is 2.37. The molecular formula is C2H8ClN4O2P. The number of nitroso groups, excluding NO2 is 1. The van der Waals surface area contributed by atoms with E-state index in [-0.39, 0.29) is 12.4 Å². The molecule has 0 saturated carbocycles. The van der Waals surface area contributed by atoms with E-state index in [9.17, 15) is 9.47 Å². The van der Waals surface area contributed by atoms with Gasteiger partial charge in [0.15, 0.2) is 0 Å². The maximum Gasteiger partial charge on any atom is 0.318 e. The van der Waals surface area contributed by atoms with Crippen LogP contribution in [0.1, 0.15) is 0 Å². The van der Waals surface area contributed by atoms with E-state index in [0.29, 0.717) is 4.78 Å². The molecule has 0 saturated heterocycles. The zero-order valence-corrected chi connectivity index (χ0v) is 6.76. The fraction of sp³-hybridized carbons (Fsp3) is 1.00. The van der Waals surface area contributed by atoms with Gasteiger partial charge in [0.05, 0.1) is 11.8 Å². The topological polar surface area (TPSA) is 102 Å². The van der Waals surface area contributed by atoms with Gasteiger partial charge in [-0.15, -0.1) is 16.5 Å². The summed E-state index contributed by atoms with van der Waals surface area (Å²) < 4.78 is 11.2. The summed E-state index contributed by atoms with van der Waals surface area (Å²) in [6.07, 6.45) is 0. The van der Waals surface area contributed by atoms with Crippen LogP contribution >= 0.6 is 19.2 Å². The summed E-state index contributed by atoms with van der Waals surface area (Å²) in [5.74, 6) is 0.101. The first-order chi connectivity index (χ1) is 4.52. The summed E-state index contributed by atoms with van der Waals surface area (Å²) in [4.78, 5) is 9.83. The standard InChI is InChI=1S/C2H8ClN4O2P/c3-1-2-7(6-8)10(4,5)9/h1-2H2,(H4,4,5,9). The molecule has 0 spiro atoms. The van der Waals surface area contributed by atoms with Crippen LogP contribution in [0.15, 0.2) is 5.29 Å². The van der Waals surface area contributed by atoms with Gasteiger partial charge in [-0.25, -0.2) is 0 Å². The van der Waals surface area contributed by atoms with Crippen LogP contribution in [0.2, 0.25) is 0 Å². The van der Waals surface area contributed by atoms with E-state index in [2.05, 4.69) is 5.29 Å². The van der Waals surface area contributed by atoms with Gasteiger partial charge in [-0.1, -0.05) is 0 Å². The molecule has 0 bridgehead atoms. The average molecular weight is 187 g/mol. The Kier molecular flexibility index (Phi) is 3.81. The van der Waals surface area contributed by atoms with Crippen molar-refractivity contribution in [2.24, 2.45) is 16.3 Å². The number of hydrogen-bond acceptors (Lipinski definition) is 3. The maximum atomic E-state index is 10.7. The number of rotatable bonds is 4. The molecule has 0 rings (SSSR count). The Labute approximate surface area is 63.0 Å². The number of halogens is 1. The normalized spacial score (nSPS) is 11.1. The maximum absolute atomic E-state index is 10.7. The summed E-state index contributed by atoms with van der Waals surface area (Å²) in [6.45, 7) is -0.00463. The highest BCUT2D eigenvalue weighted by atomic mass is 35.5. The average Bonchev–Trinajstić information content (AvgIpc) is 1.80. The Morgan fingerprint density at radius 2 is 2.10 bits per heavy atom. The molecule has 0 aromatic carbocycles. The predicted octanol–water partition coefficient (Wildman–Crippen LogP) is 0.234. The molecule has 0 fully saturated rings. The van der Waals surface area contributed by atoms with Crippen molar-refractivity contribution in [1.82, 2.24) is 4.78 Å². The van der Waals surface area contributed by atoms with E-state index in [0.717, 1.165) is 0 Å². The first kappa shape index (κ1) is 9.84. The smallest absolute Gasteiger partial charge is 0.263 e. The highest BCUT2D eigenvalue weighted by molar-refractivity contribution is 7.56. The fourth-order valence-corrected chi connectivity index (χ4v) is 1.13. The van der Waals surface area contributed by atoms with Crippen molar-refractivity contribution in [3.8, 4) is 0 Å². The van der Waals surface area contributed by atoms with Crippen LogP contribution < -0.4 is 11.0 Å². The molecule has 0 aliphatic heterocycles. The van der Waals surface area contributed by atoms with Gasteiger partial charge in [-0.3, -0.25) is 15.6 Å². The van der Waals surface area contributed by atoms with Gasteiger partial charge in [0.25, 0.3) is 0 Å². The molecule has 0 radical (unpaired) electrons. The second-order valence-electron chi connectivity index (χ2n) is 1.54. The Balaban J connectivity index is 4.07. The molecule has 0 aliphatic carbocycles. The van der Waals surface area contributed by atoms with Crippen LogP contribution in [-0.4, -0.2) is 17.2 Å². The Morgan fingerprint density at radius 3 is 2.20 bits per heavy atom. The van der Waals surface area contributed by atoms with E-state index in [4.69, 9.17) is 22.6 Å². The summed E-state index contributed by atoms with van der Waals surface area (Å²) >= 11 is 5.21. The van der Waals surface area contributed by atoms with Gasteiger partial charge in [0, 0.05) is 5.88 Å². The van der Waals surface area contributed by atoms with E-state index in [1.807, 2.05) is 0 Å². The molecule has 0 aromatic rings. The lowest BCUT2D eigenvalue weighted by molar-refractivity contribution is 0.444. The van der Waals surface area contributed by atoms with Gasteiger partial charge in [0.1, 0.15) is 0 Å². The van der Waals surface area contributed by atoms with Crippen molar-refractivity contribution in [3.05, 3.63) is 4.91 Å². The SMILES string of the molecule is NP(N)(=O)N(CCCl)N=O. The molecule has 10 heavy (non-hydrogen) atoms. The number of nitrogens with zero attached hydrogens (tertiary/aromatic N) is 2. The second-order valence-corrected chi connectivity index (χ2v) is 3.72. The Bertz CT molecular complexity index is 157. The highest BCUT2D eigenvalue weighted by Gasteiger charge is 2.19. The molecule has 0 heterocycles. The van der Waals surface area contributed by atoms with Crippen LogP contribution in [-0.2, 0) is 4.57 Å². The van der Waals surface area contributed by atoms with Gasteiger partial charge in [-0.2, -0.15) is 4.78 Å². The number of alkyl halides is 1. The lowest BCUT2D eigenvalue weighted by Gasteiger charge is -2.16. The van der Waals surface area contributed by atoms with E-state index in [1.165, 1.54) is 0 Å². The van der Waals surface area contributed by atoms with Crippen molar-refractivity contribution in [3.63, 3.8) is 0 Å². The van der Waals surface area contributed by atoms with Crippen molar-refractivity contribution >= 4 is 19.2 Å².